The predicted octanol–water partition coefficient (Wildman–Crippen LogP) is 1.62. The highest BCUT2D eigenvalue weighted by atomic mass is 32.1. The maximum atomic E-state index is 8.95. The van der Waals surface area contributed by atoms with Gasteiger partial charge < -0.3 is 15.7 Å². The van der Waals surface area contributed by atoms with Gasteiger partial charge in [-0.25, -0.2) is 4.98 Å². The van der Waals surface area contributed by atoms with Crippen LogP contribution in [0.2, 0.25) is 0 Å². The van der Waals surface area contributed by atoms with Gasteiger partial charge in [-0.05, 0) is 39.3 Å². The molecule has 0 saturated heterocycles. The summed E-state index contributed by atoms with van der Waals surface area (Å²) in [5.74, 6) is 0.862. The van der Waals surface area contributed by atoms with Crippen molar-refractivity contribution in [3.63, 3.8) is 0 Å². The summed E-state index contributed by atoms with van der Waals surface area (Å²) in [6.45, 7) is 7.07. The van der Waals surface area contributed by atoms with Crippen LogP contribution in [0.3, 0.4) is 0 Å². The SMILES string of the molecule is Cc1cc(C(N)=S)cc(N(CCCO)C(C)C)n1. The molecule has 0 amide bonds. The summed E-state index contributed by atoms with van der Waals surface area (Å²) in [7, 11) is 0. The Morgan fingerprint density at radius 3 is 2.67 bits per heavy atom. The number of hydrogen-bond donors (Lipinski definition) is 2. The molecule has 100 valence electrons. The first-order valence-corrected chi connectivity index (χ1v) is 6.52. The third kappa shape index (κ3) is 3.92. The van der Waals surface area contributed by atoms with Gasteiger partial charge in [-0.15, -0.1) is 0 Å². The van der Waals surface area contributed by atoms with Crippen molar-refractivity contribution >= 4 is 23.0 Å². The van der Waals surface area contributed by atoms with Gasteiger partial charge in [-0.1, -0.05) is 12.2 Å². The van der Waals surface area contributed by atoms with Crippen molar-refractivity contribution in [3.8, 4) is 0 Å². The third-order valence-electron chi connectivity index (χ3n) is 2.70. The Hall–Kier alpha value is -1.20. The number of thiocarbonyl (C=S) groups is 1. The maximum absolute atomic E-state index is 8.95. The van der Waals surface area contributed by atoms with Crippen LogP contribution >= 0.6 is 12.2 Å². The fraction of sp³-hybridized carbons (Fsp3) is 0.538. The van der Waals surface area contributed by atoms with E-state index < -0.39 is 0 Å². The smallest absolute Gasteiger partial charge is 0.129 e. The lowest BCUT2D eigenvalue weighted by molar-refractivity contribution is 0.288. The van der Waals surface area contributed by atoms with Crippen molar-refractivity contribution in [1.29, 1.82) is 0 Å². The Morgan fingerprint density at radius 1 is 1.50 bits per heavy atom. The van der Waals surface area contributed by atoms with Crippen molar-refractivity contribution in [1.82, 2.24) is 4.98 Å². The van der Waals surface area contributed by atoms with E-state index in [1.54, 1.807) is 0 Å². The molecule has 3 N–H and O–H groups in total. The average molecular weight is 267 g/mol. The molecule has 5 heteroatoms. The fourth-order valence-electron chi connectivity index (χ4n) is 1.82. The van der Waals surface area contributed by atoms with E-state index in [4.69, 9.17) is 23.1 Å². The van der Waals surface area contributed by atoms with E-state index in [9.17, 15) is 0 Å². The van der Waals surface area contributed by atoms with Crippen LogP contribution in [-0.2, 0) is 0 Å². The van der Waals surface area contributed by atoms with Gasteiger partial charge in [0.15, 0.2) is 0 Å². The van der Waals surface area contributed by atoms with Crippen molar-refractivity contribution in [2.45, 2.75) is 33.2 Å². The normalized spacial score (nSPS) is 10.7. The molecule has 1 rings (SSSR count). The number of nitrogens with zero attached hydrogens (tertiary/aromatic N) is 2. The molecular weight excluding hydrogens is 246 g/mol. The Bertz CT molecular complexity index is 421. The van der Waals surface area contributed by atoms with E-state index in [0.717, 1.165) is 30.0 Å². The zero-order valence-corrected chi connectivity index (χ0v) is 12.0. The zero-order chi connectivity index (χ0) is 13.7. The zero-order valence-electron chi connectivity index (χ0n) is 11.2. The van der Waals surface area contributed by atoms with E-state index in [0.29, 0.717) is 11.0 Å². The topological polar surface area (TPSA) is 62.4 Å². The Kier molecular flexibility index (Phi) is 5.50. The second kappa shape index (κ2) is 6.66. The summed E-state index contributed by atoms with van der Waals surface area (Å²) in [5.41, 5.74) is 7.40. The highest BCUT2D eigenvalue weighted by Crippen LogP contribution is 2.18. The van der Waals surface area contributed by atoms with Gasteiger partial charge in [-0.2, -0.15) is 0 Å². The highest BCUT2D eigenvalue weighted by Gasteiger charge is 2.13. The number of pyridine rings is 1. The largest absolute Gasteiger partial charge is 0.396 e. The quantitative estimate of drug-likeness (QED) is 0.767. The van der Waals surface area contributed by atoms with E-state index >= 15 is 0 Å². The Balaban J connectivity index is 3.07. The fourth-order valence-corrected chi connectivity index (χ4v) is 1.94. The third-order valence-corrected chi connectivity index (χ3v) is 2.93. The number of nitrogens with two attached hydrogens (primary N) is 1. The lowest BCUT2D eigenvalue weighted by atomic mass is 10.2. The molecule has 18 heavy (non-hydrogen) atoms. The number of rotatable bonds is 6. The molecule has 4 nitrogen and oxygen atoms in total. The van der Waals surface area contributed by atoms with Crippen LogP contribution in [-0.4, -0.2) is 34.3 Å². The second-order valence-corrected chi connectivity index (χ2v) is 5.02. The van der Waals surface area contributed by atoms with Gasteiger partial charge in [0.1, 0.15) is 10.8 Å². The minimum Gasteiger partial charge on any atom is -0.396 e. The van der Waals surface area contributed by atoms with E-state index in [2.05, 4.69) is 23.7 Å². The first kappa shape index (κ1) is 14.9. The number of anilines is 1. The van der Waals surface area contributed by atoms with Gasteiger partial charge in [-0.3, -0.25) is 0 Å². The molecular formula is C13H21N3OS. The van der Waals surface area contributed by atoms with Crippen molar-refractivity contribution in [2.75, 3.05) is 18.1 Å². The van der Waals surface area contributed by atoms with Crippen LogP contribution in [0.15, 0.2) is 12.1 Å². The van der Waals surface area contributed by atoms with Gasteiger partial charge in [0.05, 0.1) is 0 Å². The summed E-state index contributed by atoms with van der Waals surface area (Å²) in [6.07, 6.45) is 0.718. The van der Waals surface area contributed by atoms with E-state index in [1.807, 2.05) is 19.1 Å². The van der Waals surface area contributed by atoms with Gasteiger partial charge in [0.25, 0.3) is 0 Å². The van der Waals surface area contributed by atoms with Crippen molar-refractivity contribution in [2.24, 2.45) is 5.73 Å². The standard InChI is InChI=1S/C13H21N3OS/c1-9(2)16(5-4-6-17)12-8-11(13(14)18)7-10(3)15-12/h7-9,17H,4-6H2,1-3H3,(H2,14,18). The average Bonchev–Trinajstić information content (AvgIpc) is 2.28. The molecule has 1 aromatic rings. The summed E-state index contributed by atoms with van der Waals surface area (Å²) in [5, 5.41) is 8.95. The maximum Gasteiger partial charge on any atom is 0.129 e. The molecule has 0 atom stereocenters. The second-order valence-electron chi connectivity index (χ2n) is 4.58. The molecule has 0 fully saturated rings. The van der Waals surface area contributed by atoms with Gasteiger partial charge >= 0.3 is 0 Å². The molecule has 0 bridgehead atoms. The van der Waals surface area contributed by atoms with Crippen LogP contribution in [0.4, 0.5) is 5.82 Å². The molecule has 1 aromatic heterocycles. The van der Waals surface area contributed by atoms with Crippen LogP contribution in [0.25, 0.3) is 0 Å². The molecule has 0 radical (unpaired) electrons. The van der Waals surface area contributed by atoms with Gasteiger partial charge in [0.2, 0.25) is 0 Å². The van der Waals surface area contributed by atoms with Gasteiger partial charge in [0, 0.05) is 30.5 Å². The molecule has 0 aromatic carbocycles. The lowest BCUT2D eigenvalue weighted by Gasteiger charge is -2.28. The number of hydrogen-bond acceptors (Lipinski definition) is 4. The van der Waals surface area contributed by atoms with Crippen LogP contribution in [0.1, 0.15) is 31.5 Å². The molecule has 0 spiro atoms. The monoisotopic (exact) mass is 267 g/mol. The highest BCUT2D eigenvalue weighted by molar-refractivity contribution is 7.80. The van der Waals surface area contributed by atoms with Crippen LogP contribution in [0, 0.1) is 6.92 Å². The van der Waals surface area contributed by atoms with E-state index in [1.165, 1.54) is 0 Å². The van der Waals surface area contributed by atoms with Crippen LogP contribution < -0.4 is 10.6 Å². The molecule has 1 heterocycles. The molecule has 0 unspecified atom stereocenters. The minimum atomic E-state index is 0.178. The first-order chi connectivity index (χ1) is 8.45. The van der Waals surface area contributed by atoms with Crippen molar-refractivity contribution in [3.05, 3.63) is 23.4 Å². The van der Waals surface area contributed by atoms with Crippen LogP contribution in [0.5, 0.6) is 0 Å². The number of aromatic nitrogens is 1. The first-order valence-electron chi connectivity index (χ1n) is 6.11. The molecule has 0 aliphatic rings. The molecule has 0 aliphatic heterocycles. The summed E-state index contributed by atoms with van der Waals surface area (Å²) >= 11 is 5.01. The number of aryl methyl sites for hydroxylation is 1. The van der Waals surface area contributed by atoms with E-state index in [-0.39, 0.29) is 6.61 Å². The lowest BCUT2D eigenvalue weighted by Crippen LogP contribution is -2.33. The van der Waals surface area contributed by atoms with Crippen molar-refractivity contribution < 1.29 is 5.11 Å². The number of aliphatic hydroxyl groups is 1. The Morgan fingerprint density at radius 2 is 2.17 bits per heavy atom. The minimum absolute atomic E-state index is 0.178. The summed E-state index contributed by atoms with van der Waals surface area (Å²) < 4.78 is 0. The summed E-state index contributed by atoms with van der Waals surface area (Å²) in [4.78, 5) is 7.05. The number of aliphatic hydroxyl groups excluding tert-OH is 1. The molecule has 0 saturated carbocycles. The molecule has 0 aliphatic carbocycles. The Labute approximate surface area is 114 Å². The predicted molar refractivity (Wildman–Crippen MR) is 79.0 cm³/mol. The summed E-state index contributed by atoms with van der Waals surface area (Å²) in [6, 6.07) is 4.10.